The van der Waals surface area contributed by atoms with Crippen LogP contribution in [-0.4, -0.2) is 38.7 Å². The zero-order chi connectivity index (χ0) is 20.9. The summed E-state index contributed by atoms with van der Waals surface area (Å²) in [6.45, 7) is 0. The van der Waals surface area contributed by atoms with E-state index in [2.05, 4.69) is 33.9 Å². The van der Waals surface area contributed by atoms with Crippen LogP contribution >= 0.6 is 0 Å². The number of aliphatic carboxylic acids is 1. The lowest BCUT2D eigenvalue weighted by Gasteiger charge is -2.55. The molecule has 2 aromatic rings. The highest BCUT2D eigenvalue weighted by Gasteiger charge is 2.45. The van der Waals surface area contributed by atoms with Gasteiger partial charge in [-0.3, -0.25) is 9.69 Å². The third-order valence-corrected chi connectivity index (χ3v) is 9.09. The molecule has 1 aromatic heterocycles. The molecule has 2 aliphatic heterocycles. The van der Waals surface area contributed by atoms with Gasteiger partial charge in [0.25, 0.3) is 0 Å². The minimum atomic E-state index is -0.738. The number of rotatable bonds is 4. The monoisotopic (exact) mass is 420 g/mol. The molecule has 3 heterocycles. The van der Waals surface area contributed by atoms with Crippen LogP contribution in [0.1, 0.15) is 82.2 Å². The smallest absolute Gasteiger partial charge is 0.307 e. The summed E-state index contributed by atoms with van der Waals surface area (Å²) in [6.07, 6.45) is 17.6. The summed E-state index contributed by atoms with van der Waals surface area (Å²) >= 11 is 0. The number of hydrogen-bond donors (Lipinski definition) is 1. The second kappa shape index (κ2) is 7.95. The Kier molecular flexibility index (Phi) is 5.09. The lowest BCUT2D eigenvalue weighted by molar-refractivity contribution is -0.136. The summed E-state index contributed by atoms with van der Waals surface area (Å²) < 4.78 is 2.45. The average molecular weight is 421 g/mol. The zero-order valence-electron chi connectivity index (χ0n) is 18.6. The highest BCUT2D eigenvalue weighted by atomic mass is 16.4. The lowest BCUT2D eigenvalue weighted by Crippen LogP contribution is -2.58. The zero-order valence-corrected chi connectivity index (χ0v) is 18.6. The first-order valence-electron chi connectivity index (χ1n) is 12.7. The largest absolute Gasteiger partial charge is 0.481 e. The van der Waals surface area contributed by atoms with E-state index in [0.717, 1.165) is 28.8 Å². The van der Waals surface area contributed by atoms with Crippen molar-refractivity contribution >= 4 is 16.9 Å². The number of fused-ring (bicyclic) bond motifs is 5. The van der Waals surface area contributed by atoms with Crippen molar-refractivity contribution in [3.05, 3.63) is 36.0 Å². The summed E-state index contributed by atoms with van der Waals surface area (Å²) in [5, 5.41) is 10.5. The molecular formula is C27H36N2O2. The van der Waals surface area contributed by atoms with Crippen molar-refractivity contribution < 1.29 is 9.90 Å². The molecule has 0 radical (unpaired) electrons. The molecule has 6 atom stereocenters. The van der Waals surface area contributed by atoms with Crippen LogP contribution in [0, 0.1) is 11.8 Å². The number of benzene rings is 1. The number of carboxylic acids is 1. The fourth-order valence-electron chi connectivity index (χ4n) is 8.04. The van der Waals surface area contributed by atoms with Gasteiger partial charge in [0.2, 0.25) is 0 Å². The first-order valence-corrected chi connectivity index (χ1v) is 12.7. The van der Waals surface area contributed by atoms with Crippen LogP contribution in [-0.2, 0) is 11.2 Å². The fourth-order valence-corrected chi connectivity index (χ4v) is 8.04. The van der Waals surface area contributed by atoms with E-state index in [4.69, 9.17) is 0 Å². The third-order valence-electron chi connectivity index (χ3n) is 9.09. The van der Waals surface area contributed by atoms with Crippen LogP contribution < -0.4 is 0 Å². The van der Waals surface area contributed by atoms with Gasteiger partial charge in [-0.2, -0.15) is 0 Å². The van der Waals surface area contributed by atoms with Crippen molar-refractivity contribution in [3.8, 4) is 0 Å². The van der Waals surface area contributed by atoms with Crippen molar-refractivity contribution in [2.24, 2.45) is 11.8 Å². The maximum atomic E-state index is 11.4. The molecule has 0 spiro atoms. The Balaban J connectivity index is 1.28. The number of carbonyl (C=O) groups is 1. The van der Waals surface area contributed by atoms with Crippen LogP contribution in [0.5, 0.6) is 0 Å². The number of carboxylic acid groups (broad SMARTS) is 1. The summed E-state index contributed by atoms with van der Waals surface area (Å²) in [5.74, 6) is 1.24. The minimum Gasteiger partial charge on any atom is -0.481 e. The highest BCUT2D eigenvalue weighted by Crippen LogP contribution is 2.48. The van der Waals surface area contributed by atoms with E-state index < -0.39 is 5.97 Å². The number of hydrogen-bond acceptors (Lipinski definition) is 2. The maximum absolute atomic E-state index is 11.4. The fraction of sp³-hybridized carbons (Fsp3) is 0.667. The summed E-state index contributed by atoms with van der Waals surface area (Å²) in [4.78, 5) is 14.5. The Morgan fingerprint density at radius 3 is 2.23 bits per heavy atom. The van der Waals surface area contributed by atoms with Gasteiger partial charge in [-0.25, -0.2) is 0 Å². The first-order chi connectivity index (χ1) is 15.2. The Labute approximate surface area is 185 Å². The van der Waals surface area contributed by atoms with E-state index in [1.54, 1.807) is 0 Å². The topological polar surface area (TPSA) is 45.5 Å². The van der Waals surface area contributed by atoms with Gasteiger partial charge < -0.3 is 9.67 Å². The number of aromatic nitrogens is 1. The summed E-state index contributed by atoms with van der Waals surface area (Å²) in [6, 6.07) is 11.2. The standard InChI is InChI=1S/C27H36N2O2/c30-27(31)14-20-17-28(26-10-2-1-9-25(20)26)23-15-21-7-4-8-22(16-23)29(21)24-12-18-5-3-6-19(11-18)13-24/h1-2,9-10,17-19,21-24H,3-8,11-16H2,(H,30,31)/t18-,19?,21-,22?,23?,24?/m1/s1. The van der Waals surface area contributed by atoms with Gasteiger partial charge in [-0.1, -0.05) is 43.9 Å². The molecule has 4 aliphatic rings. The maximum Gasteiger partial charge on any atom is 0.307 e. The molecule has 2 saturated carbocycles. The minimum absolute atomic E-state index is 0.115. The number of para-hydroxylation sites is 1. The van der Waals surface area contributed by atoms with E-state index in [-0.39, 0.29) is 6.42 Å². The second-order valence-corrected chi connectivity index (χ2v) is 11.0. The van der Waals surface area contributed by atoms with E-state index in [9.17, 15) is 9.90 Å². The molecule has 2 aliphatic carbocycles. The molecule has 1 aromatic carbocycles. The van der Waals surface area contributed by atoms with Gasteiger partial charge in [0.05, 0.1) is 6.42 Å². The molecule has 31 heavy (non-hydrogen) atoms. The van der Waals surface area contributed by atoms with E-state index in [1.165, 1.54) is 76.1 Å². The molecule has 1 N–H and O–H groups in total. The van der Waals surface area contributed by atoms with Crippen LogP contribution in [0.15, 0.2) is 30.5 Å². The molecule has 4 bridgehead atoms. The SMILES string of the molecule is O=C(O)Cc1cn(C2CC3CCC[C@H](C2)N3C2CC3CCC[C@H](C3)C2)c2ccccc12. The summed E-state index contributed by atoms with van der Waals surface area (Å²) in [5.41, 5.74) is 2.19. The number of piperidine rings is 2. The van der Waals surface area contributed by atoms with Crippen LogP contribution in [0.4, 0.5) is 0 Å². The predicted molar refractivity (Wildman–Crippen MR) is 123 cm³/mol. The Morgan fingerprint density at radius 2 is 1.52 bits per heavy atom. The molecule has 4 unspecified atom stereocenters. The average Bonchev–Trinajstić information content (AvgIpc) is 3.10. The number of nitrogens with zero attached hydrogens (tertiary/aromatic N) is 2. The molecule has 166 valence electrons. The molecule has 4 fully saturated rings. The van der Waals surface area contributed by atoms with E-state index in [0.29, 0.717) is 18.1 Å². The highest BCUT2D eigenvalue weighted by molar-refractivity contribution is 5.87. The van der Waals surface area contributed by atoms with Gasteiger partial charge in [-0.05, 0) is 68.4 Å². The van der Waals surface area contributed by atoms with Gasteiger partial charge in [0.15, 0.2) is 0 Å². The second-order valence-electron chi connectivity index (χ2n) is 11.0. The van der Waals surface area contributed by atoms with E-state index >= 15 is 0 Å². The predicted octanol–water partition coefficient (Wildman–Crippen LogP) is 5.80. The quantitative estimate of drug-likeness (QED) is 0.680. The van der Waals surface area contributed by atoms with Crippen LogP contribution in [0.2, 0.25) is 0 Å². The van der Waals surface area contributed by atoms with Gasteiger partial charge in [-0.15, -0.1) is 0 Å². The molecule has 4 nitrogen and oxygen atoms in total. The molecule has 0 amide bonds. The molecule has 2 saturated heterocycles. The van der Waals surface area contributed by atoms with Crippen molar-refractivity contribution in [3.63, 3.8) is 0 Å². The Morgan fingerprint density at radius 1 is 0.839 bits per heavy atom. The van der Waals surface area contributed by atoms with Gasteiger partial charge in [0, 0.05) is 41.3 Å². The first kappa shape index (κ1) is 19.8. The van der Waals surface area contributed by atoms with Crippen LogP contribution in [0.3, 0.4) is 0 Å². The Hall–Kier alpha value is -1.81. The van der Waals surface area contributed by atoms with Gasteiger partial charge >= 0.3 is 5.97 Å². The van der Waals surface area contributed by atoms with Crippen molar-refractivity contribution in [1.29, 1.82) is 0 Å². The van der Waals surface area contributed by atoms with Gasteiger partial charge in [0.1, 0.15) is 0 Å². The lowest BCUT2D eigenvalue weighted by atomic mass is 9.68. The molecule has 4 heteroatoms. The normalized spacial score (nSPS) is 35.9. The van der Waals surface area contributed by atoms with Crippen LogP contribution in [0.25, 0.3) is 10.9 Å². The molecular weight excluding hydrogens is 384 g/mol. The van der Waals surface area contributed by atoms with Crippen molar-refractivity contribution in [1.82, 2.24) is 9.47 Å². The van der Waals surface area contributed by atoms with E-state index in [1.807, 2.05) is 6.07 Å². The third kappa shape index (κ3) is 3.61. The molecule has 6 rings (SSSR count). The summed E-state index contributed by atoms with van der Waals surface area (Å²) in [7, 11) is 0. The van der Waals surface area contributed by atoms with Crippen molar-refractivity contribution in [2.45, 2.75) is 101 Å². The Bertz CT molecular complexity index is 939. The van der Waals surface area contributed by atoms with Crippen molar-refractivity contribution in [2.75, 3.05) is 0 Å².